The summed E-state index contributed by atoms with van der Waals surface area (Å²) in [4.78, 5) is 45.2. The Morgan fingerprint density at radius 2 is 1.07 bits per heavy atom. The highest BCUT2D eigenvalue weighted by Gasteiger charge is 2.21. The molecule has 0 bridgehead atoms. The minimum atomic E-state index is -0.532. The van der Waals surface area contributed by atoms with Gasteiger partial charge in [0.05, 0.1) is 10.5 Å². The SMILES string of the molecule is CC(C)C(=O)c1cccc(C(=O)C(C)C)c1.CC(C)C(=O)c1ccccc1[N+](=O)[O-].CC(C)P(C)c1ccccc1. The molecular weight excluding hydrogens is 533 g/mol. The van der Waals surface area contributed by atoms with Crippen molar-refractivity contribution in [2.75, 3.05) is 6.66 Å². The van der Waals surface area contributed by atoms with E-state index in [0.717, 1.165) is 5.66 Å². The average molecular weight is 578 g/mol. The molecule has 1 atom stereocenters. The number of nitrogens with zero attached hydrogens (tertiary/aromatic N) is 1. The third-order valence-electron chi connectivity index (χ3n) is 6.31. The van der Waals surface area contributed by atoms with Gasteiger partial charge in [-0.05, 0) is 29.8 Å². The van der Waals surface area contributed by atoms with Crippen molar-refractivity contribution in [1.82, 2.24) is 0 Å². The molecule has 0 aliphatic rings. The summed E-state index contributed by atoms with van der Waals surface area (Å²) in [7, 11) is 0.0653. The second-order valence-electron chi connectivity index (χ2n) is 11.0. The second kappa shape index (κ2) is 17.3. The van der Waals surface area contributed by atoms with E-state index < -0.39 is 4.92 Å². The van der Waals surface area contributed by atoms with Crippen molar-refractivity contribution in [3.05, 3.63) is 106 Å². The molecule has 0 aromatic heterocycles. The van der Waals surface area contributed by atoms with Crippen molar-refractivity contribution >= 4 is 36.3 Å². The van der Waals surface area contributed by atoms with Crippen LogP contribution in [0.15, 0.2) is 78.9 Å². The van der Waals surface area contributed by atoms with Crippen molar-refractivity contribution in [2.45, 2.75) is 61.0 Å². The molecule has 0 aliphatic carbocycles. The number of ketones is 3. The maximum Gasteiger partial charge on any atom is 0.280 e. The summed E-state index contributed by atoms with van der Waals surface area (Å²) in [5.74, 6) is -0.334. The van der Waals surface area contributed by atoms with Gasteiger partial charge in [0, 0.05) is 34.9 Å². The number of nitro benzene ring substituents is 1. The Hall–Kier alpha value is -3.50. The molecule has 0 spiro atoms. The van der Waals surface area contributed by atoms with Gasteiger partial charge in [0.2, 0.25) is 0 Å². The van der Waals surface area contributed by atoms with Crippen LogP contribution in [0.5, 0.6) is 0 Å². The topological polar surface area (TPSA) is 94.3 Å². The number of carbonyl (C=O) groups is 3. The van der Waals surface area contributed by atoms with Crippen molar-refractivity contribution in [1.29, 1.82) is 0 Å². The summed E-state index contributed by atoms with van der Waals surface area (Å²) in [5, 5.41) is 12.1. The van der Waals surface area contributed by atoms with Crippen LogP contribution in [-0.4, -0.2) is 34.6 Å². The maximum absolute atomic E-state index is 11.8. The van der Waals surface area contributed by atoms with Gasteiger partial charge in [-0.3, -0.25) is 24.5 Å². The van der Waals surface area contributed by atoms with Gasteiger partial charge in [0.15, 0.2) is 17.3 Å². The van der Waals surface area contributed by atoms with E-state index in [1.807, 2.05) is 27.7 Å². The summed E-state index contributed by atoms with van der Waals surface area (Å²) in [6.07, 6.45) is 0. The molecule has 0 heterocycles. The first kappa shape index (κ1) is 35.5. The lowest BCUT2D eigenvalue weighted by Crippen LogP contribution is -2.11. The second-order valence-corrected chi connectivity index (χ2v) is 13.7. The van der Waals surface area contributed by atoms with E-state index in [0.29, 0.717) is 11.1 Å². The first-order chi connectivity index (χ1) is 19.2. The Balaban J connectivity index is 0.000000313. The fourth-order valence-electron chi connectivity index (χ4n) is 3.61. The maximum atomic E-state index is 11.8. The summed E-state index contributed by atoms with van der Waals surface area (Å²) >= 11 is 0. The van der Waals surface area contributed by atoms with Crippen LogP contribution < -0.4 is 5.30 Å². The fourth-order valence-corrected chi connectivity index (χ4v) is 4.84. The summed E-state index contributed by atoms with van der Waals surface area (Å²) in [6.45, 7) is 17.8. The Morgan fingerprint density at radius 3 is 1.49 bits per heavy atom. The first-order valence-electron chi connectivity index (χ1n) is 13.9. The number of nitro groups is 1. The van der Waals surface area contributed by atoms with Gasteiger partial charge >= 0.3 is 0 Å². The van der Waals surface area contributed by atoms with Gasteiger partial charge in [-0.2, -0.15) is 0 Å². The lowest BCUT2D eigenvalue weighted by atomic mass is 9.95. The lowest BCUT2D eigenvalue weighted by Gasteiger charge is -2.15. The van der Waals surface area contributed by atoms with Gasteiger partial charge in [-0.1, -0.05) is 124 Å². The van der Waals surface area contributed by atoms with Crippen LogP contribution in [0.2, 0.25) is 0 Å². The van der Waals surface area contributed by atoms with Crippen molar-refractivity contribution in [3.63, 3.8) is 0 Å². The largest absolute Gasteiger partial charge is 0.294 e. The molecule has 0 N–H and O–H groups in total. The molecule has 3 aromatic carbocycles. The molecule has 3 aromatic rings. The molecule has 220 valence electrons. The van der Waals surface area contributed by atoms with Gasteiger partial charge in [-0.15, -0.1) is 0 Å². The Kier molecular flexibility index (Phi) is 15.0. The van der Waals surface area contributed by atoms with E-state index in [9.17, 15) is 24.5 Å². The number of benzene rings is 3. The van der Waals surface area contributed by atoms with Gasteiger partial charge in [-0.25, -0.2) is 0 Å². The third-order valence-corrected chi connectivity index (χ3v) is 8.97. The fraction of sp³-hybridized carbons (Fsp3) is 0.382. The molecule has 0 saturated heterocycles. The highest BCUT2D eigenvalue weighted by molar-refractivity contribution is 7.65. The quantitative estimate of drug-likeness (QED) is 0.110. The third kappa shape index (κ3) is 11.5. The Bertz CT molecular complexity index is 1260. The van der Waals surface area contributed by atoms with Gasteiger partial charge in [0.25, 0.3) is 5.69 Å². The lowest BCUT2D eigenvalue weighted by molar-refractivity contribution is -0.385. The summed E-state index contributed by atoms with van der Waals surface area (Å²) < 4.78 is 0. The minimum Gasteiger partial charge on any atom is -0.294 e. The normalized spacial score (nSPS) is 11.3. The molecule has 0 saturated carbocycles. The molecule has 0 radical (unpaired) electrons. The molecule has 1 unspecified atom stereocenters. The van der Waals surface area contributed by atoms with Crippen LogP contribution in [0, 0.1) is 27.9 Å². The van der Waals surface area contributed by atoms with E-state index in [1.54, 1.807) is 50.2 Å². The summed E-state index contributed by atoms with van der Waals surface area (Å²) in [6, 6.07) is 23.8. The smallest absolute Gasteiger partial charge is 0.280 e. The molecule has 0 fully saturated rings. The Labute approximate surface area is 246 Å². The number of rotatable bonds is 9. The zero-order valence-electron chi connectivity index (χ0n) is 25.8. The molecule has 41 heavy (non-hydrogen) atoms. The minimum absolute atomic E-state index is 0.0376. The predicted molar refractivity (Wildman–Crippen MR) is 171 cm³/mol. The monoisotopic (exact) mass is 577 g/mol. The van der Waals surface area contributed by atoms with E-state index in [-0.39, 0.29) is 54.3 Å². The molecule has 3 rings (SSSR count). The van der Waals surface area contributed by atoms with Gasteiger partial charge in [0.1, 0.15) is 0 Å². The zero-order valence-corrected chi connectivity index (χ0v) is 26.6. The molecule has 0 amide bonds. The van der Waals surface area contributed by atoms with Crippen molar-refractivity contribution in [2.24, 2.45) is 17.8 Å². The predicted octanol–water partition coefficient (Wildman–Crippen LogP) is 8.63. The molecular formula is C34H44NO5P. The number of hydrogen-bond donors (Lipinski definition) is 0. The van der Waals surface area contributed by atoms with Crippen LogP contribution in [0.4, 0.5) is 5.69 Å². The van der Waals surface area contributed by atoms with Crippen LogP contribution in [0.3, 0.4) is 0 Å². The highest BCUT2D eigenvalue weighted by Crippen LogP contribution is 2.34. The number of carbonyl (C=O) groups excluding carboxylic acids is 3. The molecule has 0 aliphatic heterocycles. The standard InChI is InChI=1S/C14H18O2.C10H11NO3.C10H15P/c1-9(2)13(15)11-6-5-7-12(8-11)14(16)10(3)4;1-7(2)10(12)8-5-3-4-6-9(8)11(13)14;1-9(2)11(3)10-7-5-4-6-8-10/h5-10H,1-4H3;3-7H,1-2H3;4-9H,1-3H3. The number of Topliss-reactive ketones (excluding diaryl/α,β-unsaturated/α-hetero) is 3. The van der Waals surface area contributed by atoms with Crippen LogP contribution >= 0.6 is 7.92 Å². The summed E-state index contributed by atoms with van der Waals surface area (Å²) in [5.41, 5.74) is 2.12. The van der Waals surface area contributed by atoms with Crippen LogP contribution in [0.1, 0.15) is 86.5 Å². The molecule has 7 heteroatoms. The highest BCUT2D eigenvalue weighted by atomic mass is 31.1. The van der Waals surface area contributed by atoms with E-state index in [2.05, 4.69) is 50.8 Å². The average Bonchev–Trinajstić information content (AvgIpc) is 2.96. The van der Waals surface area contributed by atoms with E-state index in [4.69, 9.17) is 0 Å². The van der Waals surface area contributed by atoms with Crippen molar-refractivity contribution < 1.29 is 19.3 Å². The molecule has 6 nitrogen and oxygen atoms in total. The van der Waals surface area contributed by atoms with Gasteiger partial charge < -0.3 is 0 Å². The van der Waals surface area contributed by atoms with Crippen LogP contribution in [-0.2, 0) is 0 Å². The van der Waals surface area contributed by atoms with Crippen LogP contribution in [0.25, 0.3) is 0 Å². The number of para-hydroxylation sites is 1. The first-order valence-corrected chi connectivity index (χ1v) is 15.8. The number of hydrogen-bond acceptors (Lipinski definition) is 5. The van der Waals surface area contributed by atoms with Crippen molar-refractivity contribution in [3.8, 4) is 0 Å². The Morgan fingerprint density at radius 1 is 0.634 bits per heavy atom. The van der Waals surface area contributed by atoms with E-state index >= 15 is 0 Å². The van der Waals surface area contributed by atoms with E-state index in [1.165, 1.54) is 17.4 Å². The zero-order chi connectivity index (χ0) is 31.3.